The number of hydrogen-bond donors (Lipinski definition) is 1. The Kier molecular flexibility index (Phi) is 6.88. The van der Waals surface area contributed by atoms with Gasteiger partial charge in [0, 0.05) is 18.8 Å². The van der Waals surface area contributed by atoms with Gasteiger partial charge in [-0.2, -0.15) is 4.68 Å². The Morgan fingerprint density at radius 2 is 2.04 bits per heavy atom. The Labute approximate surface area is 161 Å². The zero-order valence-corrected chi connectivity index (χ0v) is 16.0. The summed E-state index contributed by atoms with van der Waals surface area (Å²) in [5.41, 5.74) is 2.08. The van der Waals surface area contributed by atoms with Crippen LogP contribution in [0.15, 0.2) is 53.7 Å². The third-order valence-electron chi connectivity index (χ3n) is 3.58. The van der Waals surface area contributed by atoms with Gasteiger partial charge >= 0.3 is 0 Å². The van der Waals surface area contributed by atoms with Crippen molar-refractivity contribution in [1.82, 2.24) is 25.5 Å². The molecule has 1 heterocycles. The molecular formula is C18H20ClN5OS. The summed E-state index contributed by atoms with van der Waals surface area (Å²) in [4.78, 5) is 0. The maximum Gasteiger partial charge on any atom is 0.214 e. The van der Waals surface area contributed by atoms with Gasteiger partial charge in [0.25, 0.3) is 0 Å². The summed E-state index contributed by atoms with van der Waals surface area (Å²) in [7, 11) is 0. The number of hydrogen-bond acceptors (Lipinski definition) is 6. The molecule has 0 spiro atoms. The fourth-order valence-electron chi connectivity index (χ4n) is 2.37. The van der Waals surface area contributed by atoms with Crippen LogP contribution < -0.4 is 10.1 Å². The minimum Gasteiger partial charge on any atom is -0.492 e. The Morgan fingerprint density at radius 1 is 1.19 bits per heavy atom. The highest BCUT2D eigenvalue weighted by Crippen LogP contribution is 2.25. The van der Waals surface area contributed by atoms with Crippen LogP contribution in [0, 0.1) is 0 Å². The van der Waals surface area contributed by atoms with E-state index in [-0.39, 0.29) is 0 Å². The summed E-state index contributed by atoms with van der Waals surface area (Å²) in [6.45, 7) is 4.13. The first kappa shape index (κ1) is 18.7. The van der Waals surface area contributed by atoms with Crippen LogP contribution in [0.3, 0.4) is 0 Å². The third-order valence-corrected chi connectivity index (χ3v) is 4.79. The highest BCUT2D eigenvalue weighted by Gasteiger charge is 2.08. The van der Waals surface area contributed by atoms with Crippen molar-refractivity contribution >= 4 is 23.4 Å². The molecule has 0 aliphatic heterocycles. The largest absolute Gasteiger partial charge is 0.492 e. The van der Waals surface area contributed by atoms with Crippen LogP contribution >= 0.6 is 23.4 Å². The molecule has 0 aliphatic rings. The van der Waals surface area contributed by atoms with Gasteiger partial charge in [0.1, 0.15) is 5.75 Å². The quantitative estimate of drug-likeness (QED) is 0.445. The van der Waals surface area contributed by atoms with Gasteiger partial charge in [0.05, 0.1) is 17.3 Å². The molecule has 2 aromatic carbocycles. The van der Waals surface area contributed by atoms with E-state index in [0.29, 0.717) is 11.6 Å². The number of ether oxygens (including phenoxy) is 1. The van der Waals surface area contributed by atoms with Crippen molar-refractivity contribution in [1.29, 1.82) is 0 Å². The first-order chi connectivity index (χ1) is 12.8. The molecule has 8 heteroatoms. The Balaban J connectivity index is 1.46. The number of rotatable bonds is 9. The van der Waals surface area contributed by atoms with Crippen LogP contribution in [0.5, 0.6) is 5.75 Å². The van der Waals surface area contributed by atoms with Crippen LogP contribution in [0.1, 0.15) is 12.5 Å². The lowest BCUT2D eigenvalue weighted by molar-refractivity contribution is 0.340. The second-order valence-electron chi connectivity index (χ2n) is 5.43. The molecule has 26 heavy (non-hydrogen) atoms. The lowest BCUT2D eigenvalue weighted by atomic mass is 10.2. The van der Waals surface area contributed by atoms with Gasteiger partial charge in [-0.05, 0) is 47.2 Å². The average Bonchev–Trinajstić information content (AvgIpc) is 3.13. The van der Waals surface area contributed by atoms with E-state index >= 15 is 0 Å². The fourth-order valence-corrected chi connectivity index (χ4v) is 3.42. The molecule has 6 nitrogen and oxygen atoms in total. The van der Waals surface area contributed by atoms with Gasteiger partial charge < -0.3 is 10.1 Å². The van der Waals surface area contributed by atoms with Gasteiger partial charge in [0.15, 0.2) is 0 Å². The monoisotopic (exact) mass is 389 g/mol. The Bertz CT molecular complexity index is 827. The molecule has 0 saturated heterocycles. The van der Waals surface area contributed by atoms with E-state index in [2.05, 4.69) is 20.8 Å². The Hall–Kier alpha value is -2.09. The molecule has 0 amide bonds. The topological polar surface area (TPSA) is 64.9 Å². The molecular weight excluding hydrogens is 370 g/mol. The zero-order chi connectivity index (χ0) is 18.2. The first-order valence-electron chi connectivity index (χ1n) is 8.36. The number of benzene rings is 2. The first-order valence-corrected chi connectivity index (χ1v) is 9.73. The maximum absolute atomic E-state index is 6.21. The summed E-state index contributed by atoms with van der Waals surface area (Å²) < 4.78 is 7.19. The average molecular weight is 390 g/mol. The summed E-state index contributed by atoms with van der Waals surface area (Å²) >= 11 is 7.82. The summed E-state index contributed by atoms with van der Waals surface area (Å²) in [5.74, 6) is 1.58. The van der Waals surface area contributed by atoms with Crippen molar-refractivity contribution in [3.63, 3.8) is 0 Å². The van der Waals surface area contributed by atoms with Crippen LogP contribution in [0.4, 0.5) is 0 Å². The molecule has 0 fully saturated rings. The SMILES string of the molecule is CCOc1ccc(CNCCSc2nnnn2-c2ccccc2)cc1Cl. The highest BCUT2D eigenvalue weighted by atomic mass is 35.5. The third kappa shape index (κ3) is 4.97. The van der Waals surface area contributed by atoms with E-state index in [9.17, 15) is 0 Å². The number of halogens is 1. The second-order valence-corrected chi connectivity index (χ2v) is 6.90. The van der Waals surface area contributed by atoms with Gasteiger partial charge in [-0.1, -0.05) is 47.6 Å². The molecule has 0 radical (unpaired) electrons. The van der Waals surface area contributed by atoms with Crippen LogP contribution in [-0.2, 0) is 6.54 Å². The van der Waals surface area contributed by atoms with E-state index in [1.807, 2.05) is 55.5 Å². The summed E-state index contributed by atoms with van der Waals surface area (Å²) in [6.07, 6.45) is 0. The number of thioether (sulfide) groups is 1. The van der Waals surface area contributed by atoms with Crippen molar-refractivity contribution in [2.75, 3.05) is 18.9 Å². The van der Waals surface area contributed by atoms with Crippen LogP contribution in [-0.4, -0.2) is 39.1 Å². The summed E-state index contributed by atoms with van der Waals surface area (Å²) in [5, 5.41) is 16.7. The second kappa shape index (κ2) is 9.56. The molecule has 0 aliphatic carbocycles. The smallest absolute Gasteiger partial charge is 0.214 e. The molecule has 1 N–H and O–H groups in total. The molecule has 0 atom stereocenters. The molecule has 136 valence electrons. The van der Waals surface area contributed by atoms with Crippen molar-refractivity contribution in [2.24, 2.45) is 0 Å². The lowest BCUT2D eigenvalue weighted by Gasteiger charge is -2.09. The number of nitrogens with one attached hydrogen (secondary N) is 1. The van der Waals surface area contributed by atoms with Crippen LogP contribution in [0.2, 0.25) is 5.02 Å². The Morgan fingerprint density at radius 3 is 2.81 bits per heavy atom. The van der Waals surface area contributed by atoms with E-state index in [4.69, 9.17) is 16.3 Å². The molecule has 0 bridgehead atoms. The molecule has 1 aromatic heterocycles. The standard InChI is InChI=1S/C18H20ClN5OS/c1-2-25-17-9-8-14(12-16(17)19)13-20-10-11-26-18-21-22-23-24(18)15-6-4-3-5-7-15/h3-9,12,20H,2,10-11,13H2,1H3. The van der Waals surface area contributed by atoms with Crippen LogP contribution in [0.25, 0.3) is 5.69 Å². The number of para-hydroxylation sites is 1. The van der Waals surface area contributed by atoms with Gasteiger partial charge in [-0.25, -0.2) is 0 Å². The van der Waals surface area contributed by atoms with E-state index in [0.717, 1.165) is 41.0 Å². The van der Waals surface area contributed by atoms with E-state index in [1.165, 1.54) is 0 Å². The van der Waals surface area contributed by atoms with E-state index < -0.39 is 0 Å². The van der Waals surface area contributed by atoms with Gasteiger partial charge in [0.2, 0.25) is 5.16 Å². The number of nitrogens with zero attached hydrogens (tertiary/aromatic N) is 4. The normalized spacial score (nSPS) is 10.8. The van der Waals surface area contributed by atoms with Crippen molar-refractivity contribution in [2.45, 2.75) is 18.6 Å². The predicted molar refractivity (Wildman–Crippen MR) is 104 cm³/mol. The van der Waals surface area contributed by atoms with Crippen molar-refractivity contribution < 1.29 is 4.74 Å². The predicted octanol–water partition coefficient (Wildman–Crippen LogP) is 3.60. The number of tetrazole rings is 1. The summed E-state index contributed by atoms with van der Waals surface area (Å²) in [6, 6.07) is 15.7. The van der Waals surface area contributed by atoms with Crippen molar-refractivity contribution in [3.8, 4) is 11.4 Å². The molecule has 0 unspecified atom stereocenters. The number of aromatic nitrogens is 4. The lowest BCUT2D eigenvalue weighted by Crippen LogP contribution is -2.16. The van der Waals surface area contributed by atoms with Gasteiger partial charge in [-0.15, -0.1) is 5.10 Å². The molecule has 3 aromatic rings. The fraction of sp³-hybridized carbons (Fsp3) is 0.278. The minimum absolute atomic E-state index is 0.608. The highest BCUT2D eigenvalue weighted by molar-refractivity contribution is 7.99. The van der Waals surface area contributed by atoms with E-state index in [1.54, 1.807) is 16.4 Å². The minimum atomic E-state index is 0.608. The maximum atomic E-state index is 6.21. The van der Waals surface area contributed by atoms with Gasteiger partial charge in [-0.3, -0.25) is 0 Å². The molecule has 3 rings (SSSR count). The molecule has 0 saturated carbocycles. The van der Waals surface area contributed by atoms with Crippen molar-refractivity contribution in [3.05, 3.63) is 59.1 Å². The zero-order valence-electron chi connectivity index (χ0n) is 14.4.